The van der Waals surface area contributed by atoms with Crippen LogP contribution in [0.15, 0.2) is 34.4 Å². The Labute approximate surface area is 149 Å². The topological polar surface area (TPSA) is 95.9 Å². The van der Waals surface area contributed by atoms with Gasteiger partial charge in [0.15, 0.2) is 11.5 Å². The zero-order valence-electron chi connectivity index (χ0n) is 15.3. The summed E-state index contributed by atoms with van der Waals surface area (Å²) in [6.45, 7) is 5.74. The molecular weight excluding hydrogens is 336 g/mol. The molecule has 26 heavy (non-hydrogen) atoms. The highest BCUT2D eigenvalue weighted by Gasteiger charge is 2.23. The van der Waals surface area contributed by atoms with Crippen LogP contribution >= 0.6 is 0 Å². The number of fused-ring (bicyclic) bond motifs is 1. The minimum absolute atomic E-state index is 0.236. The maximum Gasteiger partial charge on any atom is 0.298 e. The summed E-state index contributed by atoms with van der Waals surface area (Å²) in [6, 6.07) is 5.34. The third-order valence-corrected chi connectivity index (χ3v) is 3.75. The lowest BCUT2D eigenvalue weighted by molar-refractivity contribution is 0.355. The van der Waals surface area contributed by atoms with Gasteiger partial charge in [-0.1, -0.05) is 20.8 Å². The Morgan fingerprint density at radius 2 is 1.88 bits per heavy atom. The van der Waals surface area contributed by atoms with Crippen molar-refractivity contribution in [3.05, 3.63) is 46.1 Å². The summed E-state index contributed by atoms with van der Waals surface area (Å²) in [4.78, 5) is 12.8. The number of rotatable bonds is 4. The largest absolute Gasteiger partial charge is 0.493 e. The molecular formula is C17H20N6O3. The van der Waals surface area contributed by atoms with Gasteiger partial charge in [0.2, 0.25) is 0 Å². The summed E-state index contributed by atoms with van der Waals surface area (Å²) >= 11 is 0. The zero-order valence-corrected chi connectivity index (χ0v) is 15.3. The lowest BCUT2D eigenvalue weighted by Gasteiger charge is -2.16. The van der Waals surface area contributed by atoms with Crippen LogP contribution < -0.4 is 15.0 Å². The molecule has 0 saturated carbocycles. The lowest BCUT2D eigenvalue weighted by Crippen LogP contribution is -2.33. The van der Waals surface area contributed by atoms with Crippen molar-refractivity contribution in [2.24, 2.45) is 5.10 Å². The number of nitrogens with zero attached hydrogens (tertiary/aromatic N) is 6. The van der Waals surface area contributed by atoms with E-state index in [2.05, 4.69) is 20.4 Å². The molecule has 0 aliphatic rings. The third kappa shape index (κ3) is 3.15. The first-order valence-corrected chi connectivity index (χ1v) is 7.95. The van der Waals surface area contributed by atoms with Crippen LogP contribution in [-0.4, -0.2) is 44.9 Å². The molecule has 1 aromatic carbocycles. The van der Waals surface area contributed by atoms with E-state index in [0.717, 1.165) is 5.56 Å². The second-order valence-corrected chi connectivity index (χ2v) is 6.65. The van der Waals surface area contributed by atoms with Gasteiger partial charge in [-0.15, -0.1) is 10.2 Å². The van der Waals surface area contributed by atoms with E-state index < -0.39 is 5.41 Å². The van der Waals surface area contributed by atoms with Gasteiger partial charge in [0.1, 0.15) is 12.0 Å². The van der Waals surface area contributed by atoms with Crippen molar-refractivity contribution in [2.45, 2.75) is 26.2 Å². The first-order valence-electron chi connectivity index (χ1n) is 7.95. The molecule has 3 rings (SSSR count). The normalized spacial score (nSPS) is 12.0. The highest BCUT2D eigenvalue weighted by molar-refractivity contribution is 5.81. The number of ether oxygens (including phenoxy) is 2. The minimum atomic E-state index is -0.448. The quantitative estimate of drug-likeness (QED) is 0.657. The molecule has 0 fully saturated rings. The molecule has 9 heteroatoms. The molecule has 0 amide bonds. The Bertz CT molecular complexity index is 1030. The average molecular weight is 356 g/mol. The second kappa shape index (κ2) is 6.58. The standard InChI is InChI=1S/C17H20N6O3/c1-17(2,3)14-15(24)23(16-20-18-10-22(16)21-14)19-9-11-6-7-12(25-4)13(8-11)26-5/h6-10H,1-5H3. The maximum absolute atomic E-state index is 12.8. The molecule has 2 heterocycles. The fourth-order valence-electron chi connectivity index (χ4n) is 2.41. The van der Waals surface area contributed by atoms with Crippen molar-refractivity contribution in [1.82, 2.24) is 24.5 Å². The first kappa shape index (κ1) is 17.6. The number of hydrogen-bond donors (Lipinski definition) is 0. The van der Waals surface area contributed by atoms with Crippen molar-refractivity contribution in [3.63, 3.8) is 0 Å². The number of methoxy groups -OCH3 is 2. The molecule has 0 radical (unpaired) electrons. The Kier molecular flexibility index (Phi) is 4.45. The molecule has 2 aromatic heterocycles. The summed E-state index contributed by atoms with van der Waals surface area (Å²) in [5, 5.41) is 16.4. The highest BCUT2D eigenvalue weighted by atomic mass is 16.5. The molecule has 0 unspecified atom stereocenters. The summed E-state index contributed by atoms with van der Waals surface area (Å²) in [5.41, 5.74) is 0.321. The van der Waals surface area contributed by atoms with Gasteiger partial charge in [-0.2, -0.15) is 19.4 Å². The van der Waals surface area contributed by atoms with Crippen molar-refractivity contribution in [3.8, 4) is 11.5 Å². The van der Waals surface area contributed by atoms with Crippen LogP contribution in [0.25, 0.3) is 5.78 Å². The minimum Gasteiger partial charge on any atom is -0.493 e. The van der Waals surface area contributed by atoms with Crippen LogP contribution in [-0.2, 0) is 5.41 Å². The van der Waals surface area contributed by atoms with Gasteiger partial charge >= 0.3 is 0 Å². The van der Waals surface area contributed by atoms with Crippen LogP contribution in [0.3, 0.4) is 0 Å². The summed E-state index contributed by atoms with van der Waals surface area (Å²) in [5.74, 6) is 1.42. The van der Waals surface area contributed by atoms with Gasteiger partial charge in [0.05, 0.1) is 20.4 Å². The fourth-order valence-corrected chi connectivity index (χ4v) is 2.41. The summed E-state index contributed by atoms with van der Waals surface area (Å²) in [6.07, 6.45) is 2.98. The number of hydrogen-bond acceptors (Lipinski definition) is 7. The summed E-state index contributed by atoms with van der Waals surface area (Å²) < 4.78 is 13.1. The summed E-state index contributed by atoms with van der Waals surface area (Å²) in [7, 11) is 3.12. The molecule has 0 spiro atoms. The maximum atomic E-state index is 12.8. The van der Waals surface area contributed by atoms with E-state index in [1.165, 1.54) is 15.5 Å². The molecule has 0 N–H and O–H groups in total. The van der Waals surface area contributed by atoms with Crippen LogP contribution in [0, 0.1) is 0 Å². The van der Waals surface area contributed by atoms with Crippen LogP contribution in [0.4, 0.5) is 0 Å². The molecule has 3 aromatic rings. The molecule has 9 nitrogen and oxygen atoms in total. The van der Waals surface area contributed by atoms with Gasteiger partial charge in [0.25, 0.3) is 11.3 Å². The predicted molar refractivity (Wildman–Crippen MR) is 96.3 cm³/mol. The van der Waals surface area contributed by atoms with Crippen molar-refractivity contribution < 1.29 is 9.47 Å². The van der Waals surface area contributed by atoms with Crippen molar-refractivity contribution >= 4 is 12.0 Å². The smallest absolute Gasteiger partial charge is 0.298 e. The Balaban J connectivity index is 2.11. The highest BCUT2D eigenvalue weighted by Crippen LogP contribution is 2.26. The second-order valence-electron chi connectivity index (χ2n) is 6.65. The monoisotopic (exact) mass is 356 g/mol. The van der Waals surface area contributed by atoms with E-state index in [1.54, 1.807) is 32.6 Å². The molecule has 0 atom stereocenters. The Morgan fingerprint density at radius 1 is 1.15 bits per heavy atom. The van der Waals surface area contributed by atoms with Gasteiger partial charge in [-0.05, 0) is 23.8 Å². The molecule has 0 aliphatic carbocycles. The van der Waals surface area contributed by atoms with Gasteiger partial charge in [-0.25, -0.2) is 0 Å². The molecule has 0 bridgehead atoms. The SMILES string of the molecule is COc1ccc(C=Nn2c(=O)c(C(C)(C)C)nn3cnnc23)cc1OC. The third-order valence-electron chi connectivity index (χ3n) is 3.75. The van der Waals surface area contributed by atoms with Gasteiger partial charge in [-0.3, -0.25) is 4.79 Å². The Morgan fingerprint density at radius 3 is 2.54 bits per heavy atom. The van der Waals surface area contributed by atoms with E-state index in [-0.39, 0.29) is 11.3 Å². The molecule has 136 valence electrons. The van der Waals surface area contributed by atoms with E-state index in [4.69, 9.17) is 9.47 Å². The molecule has 0 saturated heterocycles. The zero-order chi connectivity index (χ0) is 18.9. The average Bonchev–Trinajstić information content (AvgIpc) is 3.07. The lowest BCUT2D eigenvalue weighted by atomic mass is 9.93. The van der Waals surface area contributed by atoms with Gasteiger partial charge < -0.3 is 9.47 Å². The van der Waals surface area contributed by atoms with E-state index in [0.29, 0.717) is 17.2 Å². The van der Waals surface area contributed by atoms with Crippen LogP contribution in [0.5, 0.6) is 11.5 Å². The van der Waals surface area contributed by atoms with E-state index in [9.17, 15) is 4.79 Å². The van der Waals surface area contributed by atoms with Crippen LogP contribution in [0.2, 0.25) is 0 Å². The van der Waals surface area contributed by atoms with Crippen molar-refractivity contribution in [2.75, 3.05) is 14.2 Å². The fraction of sp³-hybridized carbons (Fsp3) is 0.353. The number of aromatic nitrogens is 5. The predicted octanol–water partition coefficient (Wildman–Crippen LogP) is 1.48. The van der Waals surface area contributed by atoms with Crippen molar-refractivity contribution in [1.29, 1.82) is 0 Å². The first-order chi connectivity index (χ1) is 12.3. The van der Waals surface area contributed by atoms with Crippen LogP contribution in [0.1, 0.15) is 32.0 Å². The Hall–Kier alpha value is -3.23. The van der Waals surface area contributed by atoms with E-state index in [1.807, 2.05) is 26.8 Å². The van der Waals surface area contributed by atoms with Gasteiger partial charge in [0, 0.05) is 5.41 Å². The number of benzene rings is 1. The molecule has 0 aliphatic heterocycles. The van der Waals surface area contributed by atoms with E-state index >= 15 is 0 Å².